The van der Waals surface area contributed by atoms with Crippen molar-refractivity contribution in [1.82, 2.24) is 10.2 Å². The molecule has 0 aromatic heterocycles. The highest BCUT2D eigenvalue weighted by Gasteiger charge is 2.23. The zero-order chi connectivity index (χ0) is 13.6. The van der Waals surface area contributed by atoms with Crippen LogP contribution in [-0.4, -0.2) is 47.9 Å². The van der Waals surface area contributed by atoms with Gasteiger partial charge in [0.15, 0.2) is 0 Å². The number of esters is 1. The average molecular weight is 265 g/mol. The zero-order valence-electron chi connectivity index (χ0n) is 10.3. The Morgan fingerprint density at radius 2 is 1.82 bits per heavy atom. The van der Waals surface area contributed by atoms with E-state index in [0.29, 0.717) is 0 Å². The Hall–Kier alpha value is -1.30. The van der Waals surface area contributed by atoms with Gasteiger partial charge < -0.3 is 9.64 Å². The number of amides is 3. The molecular weight excluding hydrogens is 248 g/mol. The Labute approximate surface area is 105 Å². The maximum Gasteiger partial charge on any atom is 0.325 e. The lowest BCUT2D eigenvalue weighted by molar-refractivity contribution is -0.141. The van der Waals surface area contributed by atoms with Gasteiger partial charge in [-0.1, -0.05) is 0 Å². The maximum atomic E-state index is 11.7. The summed E-state index contributed by atoms with van der Waals surface area (Å²) in [6.45, 7) is 4.67. The number of hydrogen-bond acceptors (Lipinski definition) is 4. The summed E-state index contributed by atoms with van der Waals surface area (Å²) >= 11 is 5.52. The minimum atomic E-state index is -0.814. The highest BCUT2D eigenvalue weighted by molar-refractivity contribution is 6.31. The van der Waals surface area contributed by atoms with Gasteiger partial charge in [-0.3, -0.25) is 14.9 Å². The van der Waals surface area contributed by atoms with E-state index in [0.717, 1.165) is 0 Å². The topological polar surface area (TPSA) is 75.7 Å². The average Bonchev–Trinajstić information content (AvgIpc) is 2.24. The van der Waals surface area contributed by atoms with E-state index in [1.54, 1.807) is 13.8 Å². The molecule has 0 rings (SSSR count). The lowest BCUT2D eigenvalue weighted by atomic mass is 10.3. The van der Waals surface area contributed by atoms with Crippen LogP contribution < -0.4 is 5.32 Å². The van der Waals surface area contributed by atoms with E-state index in [2.05, 4.69) is 10.1 Å². The molecule has 0 heterocycles. The number of urea groups is 1. The molecule has 17 heavy (non-hydrogen) atoms. The standard InChI is InChI=1S/C10H17ClN2O4/c1-6(2)13(5-8(14)17-4)10(16)12-9(15)7(3)11/h6-7H,5H2,1-4H3,(H,12,15,16). The van der Waals surface area contributed by atoms with Crippen LogP contribution in [0.25, 0.3) is 0 Å². The van der Waals surface area contributed by atoms with Crippen molar-refractivity contribution >= 4 is 29.5 Å². The molecular formula is C10H17ClN2O4. The highest BCUT2D eigenvalue weighted by Crippen LogP contribution is 2.01. The first-order valence-corrected chi connectivity index (χ1v) is 5.55. The van der Waals surface area contributed by atoms with Crippen molar-refractivity contribution in [3.8, 4) is 0 Å². The molecule has 6 nitrogen and oxygen atoms in total. The van der Waals surface area contributed by atoms with Gasteiger partial charge in [0.25, 0.3) is 0 Å². The molecule has 3 amide bonds. The van der Waals surface area contributed by atoms with Crippen LogP contribution >= 0.6 is 11.6 Å². The summed E-state index contributed by atoms with van der Waals surface area (Å²) in [5.41, 5.74) is 0. The molecule has 1 atom stereocenters. The van der Waals surface area contributed by atoms with Crippen LogP contribution in [0.2, 0.25) is 0 Å². The third-order valence-corrected chi connectivity index (χ3v) is 2.20. The number of alkyl halides is 1. The van der Waals surface area contributed by atoms with Crippen molar-refractivity contribution in [2.24, 2.45) is 0 Å². The van der Waals surface area contributed by atoms with Gasteiger partial charge in [-0.25, -0.2) is 4.79 Å². The van der Waals surface area contributed by atoms with Crippen molar-refractivity contribution in [2.45, 2.75) is 32.2 Å². The molecule has 0 saturated heterocycles. The summed E-state index contributed by atoms with van der Waals surface area (Å²) in [4.78, 5) is 35.2. The lowest BCUT2D eigenvalue weighted by Gasteiger charge is -2.25. The fraction of sp³-hybridized carbons (Fsp3) is 0.700. The van der Waals surface area contributed by atoms with Gasteiger partial charge in [-0.2, -0.15) is 0 Å². The minimum Gasteiger partial charge on any atom is -0.468 e. The van der Waals surface area contributed by atoms with Gasteiger partial charge in [0.05, 0.1) is 7.11 Å². The van der Waals surface area contributed by atoms with E-state index < -0.39 is 23.3 Å². The second kappa shape index (κ2) is 7.11. The molecule has 0 spiro atoms. The monoisotopic (exact) mass is 264 g/mol. The predicted octanol–water partition coefficient (Wildman–Crippen LogP) is 0.733. The Morgan fingerprint density at radius 3 is 2.18 bits per heavy atom. The van der Waals surface area contributed by atoms with E-state index in [-0.39, 0.29) is 12.6 Å². The normalized spacial score (nSPS) is 11.9. The minimum absolute atomic E-state index is 0.218. The molecule has 7 heteroatoms. The molecule has 0 saturated carbocycles. The molecule has 0 aliphatic rings. The zero-order valence-corrected chi connectivity index (χ0v) is 11.1. The number of methoxy groups -OCH3 is 1. The fourth-order valence-electron chi connectivity index (χ4n) is 0.969. The number of ether oxygens (including phenoxy) is 1. The van der Waals surface area contributed by atoms with Gasteiger partial charge in [0, 0.05) is 6.04 Å². The maximum absolute atomic E-state index is 11.7. The van der Waals surface area contributed by atoms with Crippen molar-refractivity contribution in [3.05, 3.63) is 0 Å². The van der Waals surface area contributed by atoms with Gasteiger partial charge in [-0.05, 0) is 20.8 Å². The lowest BCUT2D eigenvalue weighted by Crippen LogP contribution is -2.49. The Balaban J connectivity index is 4.56. The van der Waals surface area contributed by atoms with Crippen LogP contribution in [0, 0.1) is 0 Å². The van der Waals surface area contributed by atoms with E-state index >= 15 is 0 Å². The molecule has 1 N–H and O–H groups in total. The number of nitrogens with one attached hydrogen (secondary N) is 1. The predicted molar refractivity (Wildman–Crippen MR) is 62.7 cm³/mol. The molecule has 1 unspecified atom stereocenters. The molecule has 0 bridgehead atoms. The number of carbonyl (C=O) groups excluding carboxylic acids is 3. The number of nitrogens with zero attached hydrogens (tertiary/aromatic N) is 1. The first-order chi connectivity index (χ1) is 7.79. The Kier molecular flexibility index (Phi) is 6.57. The van der Waals surface area contributed by atoms with Crippen molar-refractivity contribution in [2.75, 3.05) is 13.7 Å². The highest BCUT2D eigenvalue weighted by atomic mass is 35.5. The molecule has 0 aliphatic carbocycles. The third kappa shape index (κ3) is 5.53. The largest absolute Gasteiger partial charge is 0.468 e. The van der Waals surface area contributed by atoms with Gasteiger partial charge in [0.1, 0.15) is 11.9 Å². The Morgan fingerprint density at radius 1 is 1.29 bits per heavy atom. The fourth-order valence-corrected chi connectivity index (χ4v) is 1.02. The molecule has 0 radical (unpaired) electrons. The molecule has 0 aliphatic heterocycles. The van der Waals surface area contributed by atoms with Crippen LogP contribution in [0.3, 0.4) is 0 Å². The summed E-state index contributed by atoms with van der Waals surface area (Å²) < 4.78 is 4.46. The first-order valence-electron chi connectivity index (χ1n) is 5.12. The molecule has 98 valence electrons. The van der Waals surface area contributed by atoms with E-state index in [4.69, 9.17) is 11.6 Å². The SMILES string of the molecule is COC(=O)CN(C(=O)NC(=O)C(C)Cl)C(C)C. The molecule has 0 fully saturated rings. The smallest absolute Gasteiger partial charge is 0.325 e. The van der Waals surface area contributed by atoms with Crippen LogP contribution in [0.4, 0.5) is 4.79 Å². The summed E-state index contributed by atoms with van der Waals surface area (Å²) in [7, 11) is 1.23. The summed E-state index contributed by atoms with van der Waals surface area (Å²) in [5.74, 6) is -1.16. The van der Waals surface area contributed by atoms with Crippen LogP contribution in [0.15, 0.2) is 0 Å². The third-order valence-electron chi connectivity index (χ3n) is 2.00. The van der Waals surface area contributed by atoms with Crippen molar-refractivity contribution < 1.29 is 19.1 Å². The number of halogens is 1. The summed E-state index contributed by atoms with van der Waals surface area (Å²) in [6.07, 6.45) is 0. The van der Waals surface area contributed by atoms with E-state index in [1.807, 2.05) is 0 Å². The van der Waals surface area contributed by atoms with Crippen LogP contribution in [0.1, 0.15) is 20.8 Å². The van der Waals surface area contributed by atoms with Crippen LogP contribution in [-0.2, 0) is 14.3 Å². The van der Waals surface area contributed by atoms with Crippen molar-refractivity contribution in [1.29, 1.82) is 0 Å². The number of hydrogen-bond donors (Lipinski definition) is 1. The number of imide groups is 1. The molecule has 0 aromatic rings. The quantitative estimate of drug-likeness (QED) is 0.600. The second-order valence-electron chi connectivity index (χ2n) is 3.71. The molecule has 0 aromatic carbocycles. The van der Waals surface area contributed by atoms with E-state index in [9.17, 15) is 14.4 Å². The van der Waals surface area contributed by atoms with E-state index in [1.165, 1.54) is 18.9 Å². The van der Waals surface area contributed by atoms with Gasteiger partial charge >= 0.3 is 12.0 Å². The summed E-state index contributed by atoms with van der Waals surface area (Å²) in [5, 5.41) is 1.28. The van der Waals surface area contributed by atoms with Gasteiger partial charge in [-0.15, -0.1) is 11.6 Å². The van der Waals surface area contributed by atoms with Crippen molar-refractivity contribution in [3.63, 3.8) is 0 Å². The summed E-state index contributed by atoms with van der Waals surface area (Å²) in [6, 6.07) is -0.907. The van der Waals surface area contributed by atoms with Gasteiger partial charge in [0.2, 0.25) is 5.91 Å². The second-order valence-corrected chi connectivity index (χ2v) is 4.36. The number of rotatable bonds is 4. The Bertz CT molecular complexity index is 305. The first kappa shape index (κ1) is 15.7. The van der Waals surface area contributed by atoms with Crippen LogP contribution in [0.5, 0.6) is 0 Å². The number of carbonyl (C=O) groups is 3.